The minimum absolute atomic E-state index is 0.121. The smallest absolute Gasteiger partial charge is 0.426 e. The van der Waals surface area contributed by atoms with Crippen molar-refractivity contribution in [3.63, 3.8) is 0 Å². The fourth-order valence-electron chi connectivity index (χ4n) is 5.31. The molecule has 0 radical (unpaired) electrons. The molecule has 0 spiro atoms. The fourth-order valence-corrected chi connectivity index (χ4v) is 5.31. The summed E-state index contributed by atoms with van der Waals surface area (Å²) in [7, 11) is -1.70. The number of nitrogens with zero attached hydrogens (tertiary/aromatic N) is 3. The Morgan fingerprint density at radius 3 is 2.58 bits per heavy atom. The number of benzene rings is 1. The maximum atomic E-state index is 13.5. The van der Waals surface area contributed by atoms with E-state index < -0.39 is 24.6 Å². The van der Waals surface area contributed by atoms with Gasteiger partial charge in [-0.05, 0) is 43.7 Å². The van der Waals surface area contributed by atoms with Crippen LogP contribution in [0.2, 0.25) is 0 Å². The van der Waals surface area contributed by atoms with Crippen molar-refractivity contribution in [1.29, 1.82) is 0 Å². The standard InChI is InChI=1S/C27H38BN5O5/c1-18(2)13-24(28(36)37)30-26(35)27(15-20-9-5-4-6-10-20)16-21(32-38-27)17-29-25(34)23-14-19(3)31-33(23)22-11-7-8-12-22/h4-6,9-10,14,18,22,24,36-37H,7-8,11-13,15-17H2,1-3H3,(H,29,34)(H,30,35)/t24-,27?/m0/s1. The molecule has 2 atom stereocenters. The first kappa shape index (κ1) is 27.8. The van der Waals surface area contributed by atoms with Crippen molar-refractivity contribution in [3.8, 4) is 0 Å². The number of carbonyl (C=O) groups is 2. The van der Waals surface area contributed by atoms with E-state index in [1.165, 1.54) is 0 Å². The Bertz CT molecular complexity index is 1150. The normalized spacial score (nSPS) is 20.2. The molecule has 4 N–H and O–H groups in total. The van der Waals surface area contributed by atoms with Gasteiger partial charge in [0, 0.05) is 12.8 Å². The quantitative estimate of drug-likeness (QED) is 0.334. The highest BCUT2D eigenvalue weighted by atomic mass is 16.7. The summed E-state index contributed by atoms with van der Waals surface area (Å²) in [6.45, 7) is 5.88. The summed E-state index contributed by atoms with van der Waals surface area (Å²) in [4.78, 5) is 32.4. The second-order valence-electron chi connectivity index (χ2n) is 10.9. The van der Waals surface area contributed by atoms with Crippen molar-refractivity contribution in [2.75, 3.05) is 6.54 Å². The van der Waals surface area contributed by atoms with Crippen LogP contribution in [-0.2, 0) is 16.1 Å². The van der Waals surface area contributed by atoms with Crippen molar-refractivity contribution in [1.82, 2.24) is 20.4 Å². The first-order chi connectivity index (χ1) is 18.2. The van der Waals surface area contributed by atoms with Gasteiger partial charge in [-0.2, -0.15) is 5.10 Å². The molecule has 0 bridgehead atoms. The predicted molar refractivity (Wildman–Crippen MR) is 144 cm³/mol. The van der Waals surface area contributed by atoms with E-state index in [-0.39, 0.29) is 37.3 Å². The Labute approximate surface area is 224 Å². The number of nitrogens with one attached hydrogen (secondary N) is 2. The van der Waals surface area contributed by atoms with Gasteiger partial charge in [0.2, 0.25) is 5.60 Å². The molecule has 1 unspecified atom stereocenters. The molecule has 1 aliphatic heterocycles. The van der Waals surface area contributed by atoms with Crippen LogP contribution in [0.4, 0.5) is 0 Å². The average Bonchev–Trinajstić information content (AvgIpc) is 3.63. The Balaban J connectivity index is 1.46. The van der Waals surface area contributed by atoms with Gasteiger partial charge in [0.25, 0.3) is 11.8 Å². The molecular weight excluding hydrogens is 485 g/mol. The molecule has 1 aromatic heterocycles. The van der Waals surface area contributed by atoms with Gasteiger partial charge in [-0.15, -0.1) is 0 Å². The molecule has 11 heteroatoms. The summed E-state index contributed by atoms with van der Waals surface area (Å²) < 4.78 is 1.84. The van der Waals surface area contributed by atoms with Gasteiger partial charge in [0.05, 0.1) is 29.9 Å². The van der Waals surface area contributed by atoms with Gasteiger partial charge in [-0.1, -0.05) is 62.2 Å². The Hall–Kier alpha value is -3.18. The summed E-state index contributed by atoms with van der Waals surface area (Å²) in [5.41, 5.74) is 1.36. The van der Waals surface area contributed by atoms with Crippen LogP contribution < -0.4 is 10.6 Å². The van der Waals surface area contributed by atoms with E-state index >= 15 is 0 Å². The van der Waals surface area contributed by atoms with Crippen LogP contribution in [0.1, 0.15) is 80.2 Å². The van der Waals surface area contributed by atoms with E-state index in [1.54, 1.807) is 6.07 Å². The molecule has 0 saturated heterocycles. The molecule has 1 saturated carbocycles. The van der Waals surface area contributed by atoms with Gasteiger partial charge in [-0.3, -0.25) is 14.3 Å². The lowest BCUT2D eigenvalue weighted by Crippen LogP contribution is -2.56. The van der Waals surface area contributed by atoms with Gasteiger partial charge in [0.15, 0.2) is 0 Å². The summed E-state index contributed by atoms with van der Waals surface area (Å²) in [6, 6.07) is 11.5. The topological polar surface area (TPSA) is 138 Å². The monoisotopic (exact) mass is 523 g/mol. The zero-order chi connectivity index (χ0) is 27.3. The van der Waals surface area contributed by atoms with Crippen LogP contribution in [-0.4, -0.2) is 62.6 Å². The second kappa shape index (κ2) is 12.1. The van der Waals surface area contributed by atoms with E-state index in [0.717, 1.165) is 36.9 Å². The molecule has 2 heterocycles. The zero-order valence-electron chi connectivity index (χ0n) is 22.4. The van der Waals surface area contributed by atoms with Crippen LogP contribution in [0.15, 0.2) is 41.6 Å². The fraction of sp³-hybridized carbons (Fsp3) is 0.556. The van der Waals surface area contributed by atoms with Crippen molar-refractivity contribution in [3.05, 3.63) is 53.3 Å². The molecule has 1 fully saturated rings. The molecule has 4 rings (SSSR count). The first-order valence-electron chi connectivity index (χ1n) is 13.5. The van der Waals surface area contributed by atoms with Crippen LogP contribution in [0.5, 0.6) is 0 Å². The molecule has 204 valence electrons. The van der Waals surface area contributed by atoms with Gasteiger partial charge < -0.3 is 25.5 Å². The number of hydrogen-bond acceptors (Lipinski definition) is 7. The van der Waals surface area contributed by atoms with E-state index in [4.69, 9.17) is 4.84 Å². The summed E-state index contributed by atoms with van der Waals surface area (Å²) in [5.74, 6) is -1.42. The molecule has 2 amide bonds. The summed E-state index contributed by atoms with van der Waals surface area (Å²) >= 11 is 0. The van der Waals surface area contributed by atoms with Crippen molar-refractivity contribution < 1.29 is 24.5 Å². The van der Waals surface area contributed by atoms with Crippen LogP contribution in [0, 0.1) is 12.8 Å². The highest BCUT2D eigenvalue weighted by molar-refractivity contribution is 6.43. The third-order valence-electron chi connectivity index (χ3n) is 7.20. The van der Waals surface area contributed by atoms with Crippen LogP contribution >= 0.6 is 0 Å². The molecule has 2 aromatic rings. The second-order valence-corrected chi connectivity index (χ2v) is 10.9. The number of oxime groups is 1. The predicted octanol–water partition coefficient (Wildman–Crippen LogP) is 2.34. The lowest BCUT2D eigenvalue weighted by atomic mass is 9.74. The maximum Gasteiger partial charge on any atom is 0.475 e. The van der Waals surface area contributed by atoms with Gasteiger partial charge in [0.1, 0.15) is 5.69 Å². The van der Waals surface area contributed by atoms with E-state index in [0.29, 0.717) is 17.8 Å². The lowest BCUT2D eigenvalue weighted by Gasteiger charge is -2.29. The number of carbonyl (C=O) groups excluding carboxylic acids is 2. The third-order valence-corrected chi connectivity index (χ3v) is 7.20. The molecule has 1 aliphatic carbocycles. The first-order valence-corrected chi connectivity index (χ1v) is 13.5. The SMILES string of the molecule is Cc1cc(C(=O)NCC2=NOC(Cc3ccccc3)(C(=O)N[C@@H](CC(C)C)B(O)O)C2)n(C2CCCC2)n1. The number of rotatable bonds is 11. The van der Waals surface area contributed by atoms with Crippen LogP contribution in [0.25, 0.3) is 0 Å². The number of aryl methyl sites for hydroxylation is 1. The third kappa shape index (κ3) is 6.63. The largest absolute Gasteiger partial charge is 0.475 e. The molecule has 38 heavy (non-hydrogen) atoms. The molecule has 10 nitrogen and oxygen atoms in total. The zero-order valence-corrected chi connectivity index (χ0v) is 22.4. The number of aromatic nitrogens is 2. The average molecular weight is 523 g/mol. The summed E-state index contributed by atoms with van der Waals surface area (Å²) in [5, 5.41) is 34.1. The molecular formula is C27H38BN5O5. The van der Waals surface area contributed by atoms with E-state index in [9.17, 15) is 19.6 Å². The lowest BCUT2D eigenvalue weighted by molar-refractivity contribution is -0.144. The number of amides is 2. The Kier molecular flexibility index (Phi) is 8.89. The Morgan fingerprint density at radius 2 is 1.92 bits per heavy atom. The summed E-state index contributed by atoms with van der Waals surface area (Å²) in [6.07, 6.45) is 5.09. The minimum Gasteiger partial charge on any atom is -0.426 e. The van der Waals surface area contributed by atoms with Crippen molar-refractivity contribution in [2.24, 2.45) is 11.1 Å². The maximum absolute atomic E-state index is 13.5. The minimum atomic E-state index is -1.70. The Morgan fingerprint density at radius 1 is 1.21 bits per heavy atom. The van der Waals surface area contributed by atoms with Crippen molar-refractivity contribution in [2.45, 2.75) is 83.3 Å². The van der Waals surface area contributed by atoms with Gasteiger partial charge in [-0.25, -0.2) is 0 Å². The van der Waals surface area contributed by atoms with Crippen molar-refractivity contribution >= 4 is 24.6 Å². The van der Waals surface area contributed by atoms with E-state index in [2.05, 4.69) is 20.9 Å². The highest BCUT2D eigenvalue weighted by Crippen LogP contribution is 2.31. The molecule has 1 aromatic carbocycles. The van der Waals surface area contributed by atoms with E-state index in [1.807, 2.05) is 55.8 Å². The number of hydrogen-bond donors (Lipinski definition) is 4. The van der Waals surface area contributed by atoms with Gasteiger partial charge >= 0.3 is 7.12 Å². The molecule has 2 aliphatic rings. The van der Waals surface area contributed by atoms with Crippen LogP contribution in [0.3, 0.4) is 0 Å². The highest BCUT2D eigenvalue weighted by Gasteiger charge is 2.48.